The van der Waals surface area contributed by atoms with Crippen molar-refractivity contribution in [2.75, 3.05) is 0 Å². The molecule has 2 bridgehead atoms. The Hall–Kier alpha value is -0.570. The zero-order chi connectivity index (χ0) is 10.4. The van der Waals surface area contributed by atoms with E-state index < -0.39 is 0 Å². The number of piperidine rings is 1. The monoisotopic (exact) mass is 208 g/mol. The van der Waals surface area contributed by atoms with Crippen LogP contribution in [0.15, 0.2) is 0 Å². The second-order valence-corrected chi connectivity index (χ2v) is 5.56. The van der Waals surface area contributed by atoms with E-state index in [1.54, 1.807) is 0 Å². The molecule has 1 aliphatic carbocycles. The number of hydrogen-bond donors (Lipinski definition) is 1. The van der Waals surface area contributed by atoms with Gasteiger partial charge in [0.1, 0.15) is 0 Å². The van der Waals surface area contributed by atoms with Crippen molar-refractivity contribution in [2.45, 2.75) is 63.1 Å². The lowest BCUT2D eigenvalue weighted by Crippen LogP contribution is -2.50. The van der Waals surface area contributed by atoms with Crippen LogP contribution < -0.4 is 5.73 Å². The second kappa shape index (κ2) is 3.48. The maximum atomic E-state index is 12.1. The topological polar surface area (TPSA) is 46.3 Å². The van der Waals surface area contributed by atoms with Crippen LogP contribution in [0.1, 0.15) is 44.9 Å². The van der Waals surface area contributed by atoms with Gasteiger partial charge >= 0.3 is 0 Å². The van der Waals surface area contributed by atoms with Gasteiger partial charge in [0.2, 0.25) is 5.91 Å². The fraction of sp³-hybridized carbons (Fsp3) is 0.917. The van der Waals surface area contributed by atoms with Gasteiger partial charge in [0.15, 0.2) is 0 Å². The Morgan fingerprint density at radius 2 is 1.73 bits per heavy atom. The molecule has 2 heterocycles. The molecular weight excluding hydrogens is 188 g/mol. The first-order valence-corrected chi connectivity index (χ1v) is 6.31. The summed E-state index contributed by atoms with van der Waals surface area (Å²) >= 11 is 0. The van der Waals surface area contributed by atoms with Crippen LogP contribution in [-0.2, 0) is 4.79 Å². The van der Waals surface area contributed by atoms with Gasteiger partial charge in [-0.05, 0) is 44.4 Å². The van der Waals surface area contributed by atoms with E-state index in [0.29, 0.717) is 30.0 Å². The third-order valence-corrected chi connectivity index (χ3v) is 4.22. The van der Waals surface area contributed by atoms with Crippen LogP contribution in [-0.4, -0.2) is 28.9 Å². The summed E-state index contributed by atoms with van der Waals surface area (Å²) in [6.45, 7) is 0. The lowest BCUT2D eigenvalue weighted by Gasteiger charge is -2.37. The highest BCUT2D eigenvalue weighted by molar-refractivity contribution is 5.78. The van der Waals surface area contributed by atoms with Crippen LogP contribution in [0.4, 0.5) is 0 Å². The summed E-state index contributed by atoms with van der Waals surface area (Å²) in [4.78, 5) is 14.3. The Labute approximate surface area is 91.0 Å². The molecule has 1 saturated carbocycles. The van der Waals surface area contributed by atoms with E-state index in [4.69, 9.17) is 5.73 Å². The van der Waals surface area contributed by atoms with Gasteiger partial charge in [0.05, 0.1) is 0 Å². The Kier molecular flexibility index (Phi) is 2.23. The van der Waals surface area contributed by atoms with Gasteiger partial charge < -0.3 is 10.6 Å². The average Bonchev–Trinajstić information content (AvgIpc) is 2.93. The van der Waals surface area contributed by atoms with Crippen LogP contribution >= 0.6 is 0 Å². The highest BCUT2D eigenvalue weighted by Gasteiger charge is 2.42. The van der Waals surface area contributed by atoms with Gasteiger partial charge in [-0.3, -0.25) is 4.79 Å². The fourth-order valence-electron chi connectivity index (χ4n) is 3.30. The van der Waals surface area contributed by atoms with E-state index in [9.17, 15) is 4.79 Å². The summed E-state index contributed by atoms with van der Waals surface area (Å²) in [5, 5.41) is 0. The Bertz CT molecular complexity index is 261. The zero-order valence-corrected chi connectivity index (χ0v) is 9.19. The van der Waals surface area contributed by atoms with Crippen LogP contribution in [0, 0.1) is 5.92 Å². The molecule has 0 aromatic heterocycles. The molecule has 3 nitrogen and oxygen atoms in total. The molecule has 3 aliphatic rings. The van der Waals surface area contributed by atoms with Gasteiger partial charge in [-0.25, -0.2) is 0 Å². The molecule has 2 unspecified atom stereocenters. The molecule has 2 aliphatic heterocycles. The number of nitrogens with two attached hydrogens (primary N) is 1. The molecule has 1 amide bonds. The first-order chi connectivity index (χ1) is 7.24. The molecule has 2 saturated heterocycles. The van der Waals surface area contributed by atoms with Crippen molar-refractivity contribution >= 4 is 5.91 Å². The summed E-state index contributed by atoms with van der Waals surface area (Å²) in [7, 11) is 0. The molecule has 0 aromatic carbocycles. The predicted octanol–water partition coefficient (Wildman–Crippen LogP) is 1.27. The number of hydrogen-bond acceptors (Lipinski definition) is 2. The average molecular weight is 208 g/mol. The van der Waals surface area contributed by atoms with Crippen molar-refractivity contribution in [3.05, 3.63) is 0 Å². The number of carbonyl (C=O) groups is 1. The van der Waals surface area contributed by atoms with Crippen molar-refractivity contribution in [3.63, 3.8) is 0 Å². The van der Waals surface area contributed by atoms with Gasteiger partial charge in [0, 0.05) is 24.5 Å². The Morgan fingerprint density at radius 3 is 2.27 bits per heavy atom. The molecule has 0 aromatic rings. The molecule has 3 heteroatoms. The summed E-state index contributed by atoms with van der Waals surface area (Å²) in [6, 6.07) is 1.29. The summed E-state index contributed by atoms with van der Waals surface area (Å²) in [5.41, 5.74) is 5.99. The van der Waals surface area contributed by atoms with Gasteiger partial charge in [-0.2, -0.15) is 0 Å². The molecule has 0 radical (unpaired) electrons. The molecule has 84 valence electrons. The fourth-order valence-corrected chi connectivity index (χ4v) is 3.30. The van der Waals surface area contributed by atoms with Crippen molar-refractivity contribution < 1.29 is 4.79 Å². The summed E-state index contributed by atoms with van der Waals surface area (Å²) in [6.07, 6.45) is 7.80. The number of nitrogens with zero attached hydrogens (tertiary/aromatic N) is 1. The van der Waals surface area contributed by atoms with Crippen molar-refractivity contribution in [1.29, 1.82) is 0 Å². The second-order valence-electron chi connectivity index (χ2n) is 5.56. The van der Waals surface area contributed by atoms with Crippen LogP contribution in [0.3, 0.4) is 0 Å². The maximum Gasteiger partial charge on any atom is 0.223 e. The van der Waals surface area contributed by atoms with E-state index in [0.717, 1.165) is 19.3 Å². The van der Waals surface area contributed by atoms with Crippen LogP contribution in [0.2, 0.25) is 0 Å². The smallest absolute Gasteiger partial charge is 0.223 e. The SMILES string of the molecule is NC1CC2CCC(C1)N2C(=O)CC1CC1. The summed E-state index contributed by atoms with van der Waals surface area (Å²) < 4.78 is 0. The first-order valence-electron chi connectivity index (χ1n) is 6.31. The third kappa shape index (κ3) is 1.78. The molecule has 2 N–H and O–H groups in total. The maximum absolute atomic E-state index is 12.1. The minimum atomic E-state index is 0.340. The van der Waals surface area contributed by atoms with Crippen molar-refractivity contribution in [2.24, 2.45) is 11.7 Å². The lowest BCUT2D eigenvalue weighted by molar-refractivity contribution is -0.136. The molecular formula is C12H20N2O. The Morgan fingerprint density at radius 1 is 1.13 bits per heavy atom. The lowest BCUT2D eigenvalue weighted by atomic mass is 9.97. The molecule has 0 spiro atoms. The van der Waals surface area contributed by atoms with Crippen molar-refractivity contribution in [1.82, 2.24) is 4.90 Å². The number of amides is 1. The van der Waals surface area contributed by atoms with E-state index in [1.807, 2.05) is 0 Å². The quantitative estimate of drug-likeness (QED) is 0.742. The molecule has 3 rings (SSSR count). The van der Waals surface area contributed by atoms with Crippen molar-refractivity contribution in [3.8, 4) is 0 Å². The van der Waals surface area contributed by atoms with Crippen LogP contribution in [0.5, 0.6) is 0 Å². The number of rotatable bonds is 2. The first kappa shape index (κ1) is 9.64. The molecule has 2 atom stereocenters. The minimum Gasteiger partial charge on any atom is -0.337 e. The summed E-state index contributed by atoms with van der Waals surface area (Å²) in [5.74, 6) is 1.13. The van der Waals surface area contributed by atoms with Gasteiger partial charge in [-0.1, -0.05) is 0 Å². The van der Waals surface area contributed by atoms with E-state index in [1.165, 1.54) is 25.7 Å². The van der Waals surface area contributed by atoms with Crippen LogP contribution in [0.25, 0.3) is 0 Å². The molecule has 15 heavy (non-hydrogen) atoms. The normalized spacial score (nSPS) is 39.5. The largest absolute Gasteiger partial charge is 0.337 e. The predicted molar refractivity (Wildman–Crippen MR) is 58.2 cm³/mol. The standard InChI is InChI=1S/C12H20N2O/c13-9-6-10-3-4-11(7-9)14(10)12(15)5-8-1-2-8/h8-11H,1-7,13H2. The van der Waals surface area contributed by atoms with E-state index in [-0.39, 0.29) is 0 Å². The molecule has 3 fully saturated rings. The third-order valence-electron chi connectivity index (χ3n) is 4.22. The van der Waals surface area contributed by atoms with Gasteiger partial charge in [0.25, 0.3) is 0 Å². The number of carbonyl (C=O) groups excluding carboxylic acids is 1. The highest BCUT2D eigenvalue weighted by atomic mass is 16.2. The highest BCUT2D eigenvalue weighted by Crippen LogP contribution is 2.38. The van der Waals surface area contributed by atoms with E-state index >= 15 is 0 Å². The number of fused-ring (bicyclic) bond motifs is 2. The van der Waals surface area contributed by atoms with Gasteiger partial charge in [-0.15, -0.1) is 0 Å². The van der Waals surface area contributed by atoms with E-state index in [2.05, 4.69) is 4.90 Å². The minimum absolute atomic E-state index is 0.340. The zero-order valence-electron chi connectivity index (χ0n) is 9.19. The Balaban J connectivity index is 1.67.